The summed E-state index contributed by atoms with van der Waals surface area (Å²) < 4.78 is 29.0. The van der Waals surface area contributed by atoms with Gasteiger partial charge in [-0.3, -0.25) is 24.3 Å². The lowest BCUT2D eigenvalue weighted by molar-refractivity contribution is -0.161. The molecule has 5 bridgehead atoms. The van der Waals surface area contributed by atoms with Crippen LogP contribution in [0.25, 0.3) is 10.8 Å². The molecule has 0 saturated carbocycles. The van der Waals surface area contributed by atoms with Gasteiger partial charge in [0, 0.05) is 95.1 Å². The molecule has 17 heteroatoms. The third-order valence-electron chi connectivity index (χ3n) is 13.6. The van der Waals surface area contributed by atoms with Crippen molar-refractivity contribution in [1.29, 1.82) is 0 Å². The molecular formula is C48H68N4O13. The normalized spacial score (nSPS) is 31.2. The first-order valence-corrected chi connectivity index (χ1v) is 22.1. The zero-order valence-corrected chi connectivity index (χ0v) is 39.7. The number of carbonyl (C=O) groups excluding carboxylic acids is 3. The van der Waals surface area contributed by atoms with Crippen LogP contribution >= 0.6 is 0 Å². The van der Waals surface area contributed by atoms with E-state index in [0.717, 1.165) is 6.54 Å². The minimum atomic E-state index is -2.06. The Morgan fingerprint density at radius 3 is 2.22 bits per heavy atom. The van der Waals surface area contributed by atoms with E-state index in [0.29, 0.717) is 32.8 Å². The van der Waals surface area contributed by atoms with E-state index in [1.54, 1.807) is 52.0 Å². The number of aliphatic hydroxyl groups excluding tert-OH is 2. The highest BCUT2D eigenvalue weighted by Crippen LogP contribution is 2.55. The molecule has 4 aliphatic rings. The number of allylic oxidation sites excluding steroid dienone is 3. The van der Waals surface area contributed by atoms with Crippen LogP contribution in [0.15, 0.2) is 41.2 Å². The smallest absolute Gasteiger partial charge is 0.312 e. The van der Waals surface area contributed by atoms with Gasteiger partial charge in [0.2, 0.25) is 0 Å². The molecule has 358 valence electrons. The maximum atomic E-state index is 14.6. The number of esters is 1. The van der Waals surface area contributed by atoms with Crippen LogP contribution in [0.4, 0.5) is 5.69 Å². The minimum Gasteiger partial charge on any atom is -0.507 e. The molecule has 2 aromatic carbocycles. The first-order valence-electron chi connectivity index (χ1n) is 22.1. The molecule has 6 rings (SSSR count). The molecule has 1 amide bonds. The van der Waals surface area contributed by atoms with Gasteiger partial charge in [0.15, 0.2) is 5.75 Å². The number of phenols is 3. The van der Waals surface area contributed by atoms with Crippen molar-refractivity contribution in [3.05, 3.63) is 52.8 Å². The monoisotopic (exact) mass is 908 g/mol. The minimum absolute atomic E-state index is 0.0518. The number of Topliss-reactive ketones (excluding diaryl/α,β-unsaturated/α-hetero) is 1. The zero-order valence-electron chi connectivity index (χ0n) is 39.7. The lowest BCUT2D eigenvalue weighted by atomic mass is 9.71. The fraction of sp³-hybridized carbons (Fsp3) is 0.583. The van der Waals surface area contributed by atoms with Crippen molar-refractivity contribution < 1.29 is 63.6 Å². The highest BCUT2D eigenvalue weighted by molar-refractivity contribution is 6.23. The van der Waals surface area contributed by atoms with Crippen molar-refractivity contribution in [2.45, 2.75) is 99.4 Å². The van der Waals surface area contributed by atoms with Gasteiger partial charge < -0.3 is 54.5 Å². The van der Waals surface area contributed by atoms with E-state index in [1.807, 2.05) is 26.8 Å². The number of hydrazone groups is 1. The summed E-state index contributed by atoms with van der Waals surface area (Å²) in [5.41, 5.74) is -1.01. The molecule has 1 fully saturated rings. The van der Waals surface area contributed by atoms with E-state index < -0.39 is 94.2 Å². The number of aromatic hydroxyl groups is 3. The lowest BCUT2D eigenvalue weighted by Crippen LogP contribution is -2.47. The second-order valence-corrected chi connectivity index (χ2v) is 18.4. The number of benzene rings is 2. The molecule has 17 nitrogen and oxygen atoms in total. The number of carbonyl (C=O) groups is 3. The molecule has 1 saturated heterocycles. The number of aliphatic hydroxyl groups is 2. The van der Waals surface area contributed by atoms with E-state index in [9.17, 15) is 39.9 Å². The predicted octanol–water partition coefficient (Wildman–Crippen LogP) is 5.38. The first kappa shape index (κ1) is 50.8. The number of hydrogen-bond acceptors (Lipinski definition) is 16. The number of nitrogens with zero attached hydrogens (tertiary/aromatic N) is 3. The molecule has 6 N–H and O–H groups in total. The number of nitrogens with one attached hydrogen (secondary N) is 1. The summed E-state index contributed by atoms with van der Waals surface area (Å²) in [6, 6.07) is 0. The quantitative estimate of drug-likeness (QED) is 0.0887. The van der Waals surface area contributed by atoms with E-state index in [2.05, 4.69) is 15.3 Å². The molecule has 0 aromatic heterocycles. The molecule has 0 aliphatic carbocycles. The Kier molecular flexibility index (Phi) is 16.0. The van der Waals surface area contributed by atoms with Crippen LogP contribution in [0.3, 0.4) is 0 Å². The highest BCUT2D eigenvalue weighted by Gasteiger charge is 2.50. The van der Waals surface area contributed by atoms with Gasteiger partial charge in [0.05, 0.1) is 59.6 Å². The summed E-state index contributed by atoms with van der Waals surface area (Å²) in [6.07, 6.45) is 5.20. The van der Waals surface area contributed by atoms with Crippen molar-refractivity contribution >= 4 is 40.3 Å². The Balaban J connectivity index is 1.69. The fourth-order valence-corrected chi connectivity index (χ4v) is 8.83. The second-order valence-electron chi connectivity index (χ2n) is 18.4. The predicted molar refractivity (Wildman–Crippen MR) is 245 cm³/mol. The third kappa shape index (κ3) is 10.4. The van der Waals surface area contributed by atoms with E-state index in [1.165, 1.54) is 46.4 Å². The number of phenolic OH excluding ortho intramolecular Hbond substituents is 3. The number of ketones is 1. The summed E-state index contributed by atoms with van der Waals surface area (Å²) in [7, 11) is 3.09. The Morgan fingerprint density at radius 1 is 0.938 bits per heavy atom. The van der Waals surface area contributed by atoms with Crippen LogP contribution in [-0.2, 0) is 28.5 Å². The average molecular weight is 909 g/mol. The number of amides is 1. The maximum absolute atomic E-state index is 14.6. The SMILES string of the molecule is COCCN1CCN(/N=C/c2c3c(O)c4c(O)c(C)c5c(c4c2O)C(=O)[C@@](C)(O/C=C/[C@H](OC)[C@@H](C)[C@@H](OC(C)=O)[C@H](C)[C@H](O)[C@H](C)[C@@H](O)[C@@H](C)C(C)(C)/C=C/C=C(/C)C(=O)N3)O5)CC1. The molecule has 4 heterocycles. The van der Waals surface area contributed by atoms with Crippen molar-refractivity contribution in [3.8, 4) is 23.0 Å². The van der Waals surface area contributed by atoms with Crippen molar-refractivity contribution in [2.75, 3.05) is 58.9 Å². The number of anilines is 1. The number of rotatable bonds is 7. The lowest BCUT2D eigenvalue weighted by Gasteiger charge is -2.40. The summed E-state index contributed by atoms with van der Waals surface area (Å²) in [5.74, 6) is -8.30. The third-order valence-corrected chi connectivity index (χ3v) is 13.6. The van der Waals surface area contributed by atoms with Crippen LogP contribution in [0.1, 0.15) is 83.8 Å². The number of ether oxygens (including phenoxy) is 5. The van der Waals surface area contributed by atoms with E-state index >= 15 is 0 Å². The number of methoxy groups -OCH3 is 2. The summed E-state index contributed by atoms with van der Waals surface area (Å²) in [6.45, 7) is 20.3. The molecule has 65 heavy (non-hydrogen) atoms. The standard InChI is InChI=1S/C48H68N4O13/c1-25-14-13-16-47(8,9)30(6)39(55)27(3)38(54)28(4)43(64-31(7)53)26(2)33(62-12)15-22-63-48(10)45(59)36-34-35(40(56)29(5)44(36)65-48)42(58)37(50-46(25)60)32(41(34)57)24-49-52-19-17-51(18-20-52)21-23-61-11/h13-16,22,24,26-28,30,33,38-39,43,54-58H,17-21,23H2,1-12H3,(H,50,60)/b16-13+,22-15+,25-14-,49-24+/t26-,27+,28-,30-,33+,38-,39-,43-,48+/m1/s1. The van der Waals surface area contributed by atoms with Gasteiger partial charge in [-0.25, -0.2) is 0 Å². The van der Waals surface area contributed by atoms with Crippen molar-refractivity contribution in [1.82, 2.24) is 9.91 Å². The number of piperazine rings is 1. The molecule has 2 aromatic rings. The topological polar surface area (TPSA) is 229 Å². The fourth-order valence-electron chi connectivity index (χ4n) is 8.83. The number of fused-ring (bicyclic) bond motifs is 15. The molecule has 0 spiro atoms. The van der Waals surface area contributed by atoms with E-state index in [4.69, 9.17) is 23.7 Å². The largest absolute Gasteiger partial charge is 0.507 e. The molecule has 9 atom stereocenters. The summed E-state index contributed by atoms with van der Waals surface area (Å²) >= 11 is 0. The van der Waals surface area contributed by atoms with E-state index in [-0.39, 0.29) is 44.5 Å². The van der Waals surface area contributed by atoms with Crippen molar-refractivity contribution in [3.63, 3.8) is 0 Å². The van der Waals surface area contributed by atoms with Gasteiger partial charge in [-0.2, -0.15) is 5.10 Å². The second kappa shape index (κ2) is 20.5. The maximum Gasteiger partial charge on any atom is 0.312 e. The average Bonchev–Trinajstić information content (AvgIpc) is 3.53. The van der Waals surface area contributed by atoms with Crippen molar-refractivity contribution in [2.24, 2.45) is 34.2 Å². The van der Waals surface area contributed by atoms with Gasteiger partial charge in [-0.15, -0.1) is 0 Å². The zero-order chi connectivity index (χ0) is 48.3. The first-order chi connectivity index (χ1) is 30.5. The highest BCUT2D eigenvalue weighted by atomic mass is 16.7. The van der Waals surface area contributed by atoms with Gasteiger partial charge in [0.1, 0.15) is 23.4 Å². The van der Waals surface area contributed by atoms with Gasteiger partial charge >= 0.3 is 11.8 Å². The summed E-state index contributed by atoms with van der Waals surface area (Å²) in [4.78, 5) is 43.2. The molecular weight excluding hydrogens is 841 g/mol. The van der Waals surface area contributed by atoms with Crippen LogP contribution in [0, 0.1) is 36.0 Å². The Hall–Kier alpha value is -5.20. The Bertz CT molecular complexity index is 2230. The molecule has 0 radical (unpaired) electrons. The van der Waals surface area contributed by atoms with Crippen LogP contribution in [-0.4, -0.2) is 143 Å². The van der Waals surface area contributed by atoms with Crippen LogP contribution in [0.2, 0.25) is 0 Å². The Labute approximate surface area is 381 Å². The van der Waals surface area contributed by atoms with Crippen LogP contribution in [0.5, 0.6) is 23.0 Å². The van der Waals surface area contributed by atoms with Crippen LogP contribution < -0.4 is 10.1 Å². The number of hydrogen-bond donors (Lipinski definition) is 6. The van der Waals surface area contributed by atoms with Gasteiger partial charge in [-0.05, 0) is 31.3 Å². The molecule has 0 unspecified atom stereocenters. The summed E-state index contributed by atoms with van der Waals surface area (Å²) in [5, 5.41) is 68.0. The molecule has 4 aliphatic heterocycles. The van der Waals surface area contributed by atoms with Gasteiger partial charge in [-0.1, -0.05) is 59.8 Å². The Morgan fingerprint density at radius 2 is 1.60 bits per heavy atom. The van der Waals surface area contributed by atoms with Gasteiger partial charge in [0.25, 0.3) is 11.7 Å².